The van der Waals surface area contributed by atoms with E-state index in [0.717, 1.165) is 6.07 Å². The Morgan fingerprint density at radius 2 is 1.68 bits per heavy atom. The van der Waals surface area contributed by atoms with Crippen LogP contribution in [0.3, 0.4) is 0 Å². The first-order valence-corrected chi connectivity index (χ1v) is 7.99. The number of oxime groups is 1. The van der Waals surface area contributed by atoms with E-state index >= 15 is 0 Å². The maximum absolute atomic E-state index is 12.8. The number of phenols is 1. The highest BCUT2D eigenvalue weighted by molar-refractivity contribution is 14.1. The second kappa shape index (κ2) is 7.02. The fourth-order valence-electron chi connectivity index (χ4n) is 1.58. The van der Waals surface area contributed by atoms with Crippen molar-refractivity contribution in [3.05, 3.63) is 54.7 Å². The van der Waals surface area contributed by atoms with E-state index in [-0.39, 0.29) is 11.5 Å². The van der Waals surface area contributed by atoms with Crippen molar-refractivity contribution in [2.45, 2.75) is 6.18 Å². The molecule has 0 radical (unpaired) electrons. The van der Waals surface area contributed by atoms with Crippen molar-refractivity contribution in [1.82, 2.24) is 0 Å². The molecule has 0 saturated carbocycles. The van der Waals surface area contributed by atoms with Crippen molar-refractivity contribution < 1.29 is 23.1 Å². The van der Waals surface area contributed by atoms with E-state index in [9.17, 15) is 18.3 Å². The minimum absolute atomic E-state index is 0.154. The van der Waals surface area contributed by atoms with Gasteiger partial charge in [-0.25, -0.2) is 0 Å². The molecular weight excluding hydrogens is 525 g/mol. The van der Waals surface area contributed by atoms with Gasteiger partial charge in [-0.15, -0.1) is 0 Å². The molecule has 3 nitrogen and oxygen atoms in total. The second-order valence-electron chi connectivity index (χ2n) is 4.15. The van der Waals surface area contributed by atoms with Crippen LogP contribution >= 0.6 is 45.2 Å². The third-order valence-corrected chi connectivity index (χ3v) is 4.23. The van der Waals surface area contributed by atoms with Crippen LogP contribution in [0.15, 0.2) is 41.6 Å². The Bertz CT molecular complexity index is 694. The van der Waals surface area contributed by atoms with Crippen LogP contribution in [0, 0.1) is 7.14 Å². The van der Waals surface area contributed by atoms with Crippen LogP contribution in [-0.2, 0) is 6.18 Å². The molecule has 2 aromatic carbocycles. The molecule has 2 rings (SSSR count). The summed E-state index contributed by atoms with van der Waals surface area (Å²) < 4.78 is 39.6. The van der Waals surface area contributed by atoms with E-state index in [1.54, 1.807) is 12.1 Å². The SMILES string of the molecule is Oc1c(I)cc(/C=N/Oc2ccccc2C(F)(F)F)cc1I. The number of hydrogen-bond donors (Lipinski definition) is 1. The molecule has 0 unspecified atom stereocenters. The van der Waals surface area contributed by atoms with Gasteiger partial charge in [-0.05, 0) is 75.0 Å². The second-order valence-corrected chi connectivity index (χ2v) is 6.48. The van der Waals surface area contributed by atoms with Crippen molar-refractivity contribution in [3.8, 4) is 11.5 Å². The third-order valence-electron chi connectivity index (χ3n) is 2.58. The molecule has 0 aliphatic carbocycles. The molecular formula is C14H8F3I2NO2. The van der Waals surface area contributed by atoms with Crippen LogP contribution in [0.2, 0.25) is 0 Å². The fourth-order valence-corrected chi connectivity index (χ4v) is 3.40. The highest BCUT2D eigenvalue weighted by Gasteiger charge is 2.34. The molecule has 22 heavy (non-hydrogen) atoms. The number of hydrogen-bond acceptors (Lipinski definition) is 3. The van der Waals surface area contributed by atoms with Gasteiger partial charge in [0.25, 0.3) is 0 Å². The van der Waals surface area contributed by atoms with E-state index in [1.807, 2.05) is 45.2 Å². The maximum Gasteiger partial charge on any atom is 0.420 e. The van der Waals surface area contributed by atoms with Crippen LogP contribution in [0.4, 0.5) is 13.2 Å². The summed E-state index contributed by atoms with van der Waals surface area (Å²) in [7, 11) is 0. The molecule has 0 aliphatic heterocycles. The van der Waals surface area contributed by atoms with E-state index in [4.69, 9.17) is 4.84 Å². The summed E-state index contributed by atoms with van der Waals surface area (Å²) >= 11 is 3.90. The average molecular weight is 533 g/mol. The minimum Gasteiger partial charge on any atom is -0.506 e. The fraction of sp³-hybridized carbons (Fsp3) is 0.0714. The standard InChI is InChI=1S/C14H8F3I2NO2/c15-14(16,17)9-3-1-2-4-12(9)22-20-7-8-5-10(18)13(21)11(19)6-8/h1-7,21H/b20-7+. The molecule has 116 valence electrons. The Hall–Kier alpha value is -1.04. The van der Waals surface area contributed by atoms with Crippen molar-refractivity contribution in [1.29, 1.82) is 0 Å². The van der Waals surface area contributed by atoms with Gasteiger partial charge in [0.05, 0.1) is 13.4 Å². The molecule has 1 N–H and O–H groups in total. The van der Waals surface area contributed by atoms with Gasteiger partial charge in [0.2, 0.25) is 0 Å². The van der Waals surface area contributed by atoms with Gasteiger partial charge < -0.3 is 9.94 Å². The highest BCUT2D eigenvalue weighted by Crippen LogP contribution is 2.36. The molecule has 0 heterocycles. The number of rotatable bonds is 3. The Labute approximate surface area is 151 Å². The molecule has 0 atom stereocenters. The van der Waals surface area contributed by atoms with E-state index in [2.05, 4.69) is 5.16 Å². The first kappa shape index (κ1) is 17.3. The molecule has 0 amide bonds. The number of para-hydroxylation sites is 1. The van der Waals surface area contributed by atoms with E-state index in [0.29, 0.717) is 12.7 Å². The zero-order valence-electron chi connectivity index (χ0n) is 10.7. The maximum atomic E-state index is 12.8. The van der Waals surface area contributed by atoms with Gasteiger partial charge >= 0.3 is 6.18 Å². The van der Waals surface area contributed by atoms with Crippen molar-refractivity contribution in [2.24, 2.45) is 5.16 Å². The Balaban J connectivity index is 2.21. The summed E-state index contributed by atoms with van der Waals surface area (Å²) in [4.78, 5) is 4.86. The van der Waals surface area contributed by atoms with Gasteiger partial charge in [0, 0.05) is 0 Å². The highest BCUT2D eigenvalue weighted by atomic mass is 127. The smallest absolute Gasteiger partial charge is 0.420 e. The van der Waals surface area contributed by atoms with E-state index < -0.39 is 11.7 Å². The summed E-state index contributed by atoms with van der Waals surface area (Å²) in [6.45, 7) is 0. The third kappa shape index (κ3) is 4.24. The van der Waals surface area contributed by atoms with Gasteiger partial charge in [-0.2, -0.15) is 13.2 Å². The normalized spacial score (nSPS) is 11.9. The summed E-state index contributed by atoms with van der Waals surface area (Å²) in [6, 6.07) is 8.12. The molecule has 0 aromatic heterocycles. The Morgan fingerprint density at radius 3 is 2.27 bits per heavy atom. The van der Waals surface area contributed by atoms with E-state index in [1.165, 1.54) is 24.4 Å². The molecule has 8 heteroatoms. The molecule has 2 aromatic rings. The summed E-state index contributed by atoms with van der Waals surface area (Å²) in [6.07, 6.45) is -3.22. The predicted octanol–water partition coefficient (Wildman–Crippen LogP) is 5.03. The van der Waals surface area contributed by atoms with Crippen LogP contribution < -0.4 is 4.84 Å². The van der Waals surface area contributed by atoms with Crippen LogP contribution in [0.5, 0.6) is 11.5 Å². The van der Waals surface area contributed by atoms with Gasteiger partial charge in [0.1, 0.15) is 11.3 Å². The predicted molar refractivity (Wildman–Crippen MR) is 93.2 cm³/mol. The van der Waals surface area contributed by atoms with Gasteiger partial charge in [-0.3, -0.25) is 0 Å². The Morgan fingerprint density at radius 1 is 1.09 bits per heavy atom. The number of halogens is 5. The molecule has 0 spiro atoms. The van der Waals surface area contributed by atoms with Crippen LogP contribution in [0.1, 0.15) is 11.1 Å². The van der Waals surface area contributed by atoms with Crippen LogP contribution in [-0.4, -0.2) is 11.3 Å². The van der Waals surface area contributed by atoms with Gasteiger partial charge in [-0.1, -0.05) is 17.3 Å². The number of benzene rings is 2. The largest absolute Gasteiger partial charge is 0.506 e. The van der Waals surface area contributed by atoms with Crippen molar-refractivity contribution >= 4 is 51.4 Å². The summed E-state index contributed by atoms with van der Waals surface area (Å²) in [5.41, 5.74) is -0.280. The first-order chi connectivity index (χ1) is 10.3. The average Bonchev–Trinajstić information content (AvgIpc) is 2.44. The minimum atomic E-state index is -4.50. The quantitative estimate of drug-likeness (QED) is 0.342. The lowest BCUT2D eigenvalue weighted by Crippen LogP contribution is -2.06. The topological polar surface area (TPSA) is 41.8 Å². The van der Waals surface area contributed by atoms with Crippen molar-refractivity contribution in [3.63, 3.8) is 0 Å². The van der Waals surface area contributed by atoms with Crippen molar-refractivity contribution in [2.75, 3.05) is 0 Å². The number of nitrogens with zero attached hydrogens (tertiary/aromatic N) is 1. The molecule has 0 fully saturated rings. The zero-order valence-corrected chi connectivity index (χ0v) is 15.0. The Kier molecular flexibility index (Phi) is 5.53. The summed E-state index contributed by atoms with van der Waals surface area (Å²) in [5, 5.41) is 13.2. The number of alkyl halides is 3. The molecule has 0 saturated heterocycles. The lowest BCUT2D eigenvalue weighted by Gasteiger charge is -2.09. The molecule has 0 aliphatic rings. The lowest BCUT2D eigenvalue weighted by molar-refractivity contribution is -0.138. The molecule has 0 bridgehead atoms. The van der Waals surface area contributed by atoms with Gasteiger partial charge in [0.15, 0.2) is 5.75 Å². The number of phenolic OH excluding ortho intramolecular Hbond substituents is 1. The zero-order chi connectivity index (χ0) is 16.3. The monoisotopic (exact) mass is 533 g/mol. The lowest BCUT2D eigenvalue weighted by atomic mass is 10.2. The number of aromatic hydroxyl groups is 1. The first-order valence-electron chi connectivity index (χ1n) is 5.83. The van der Waals surface area contributed by atoms with Crippen LogP contribution in [0.25, 0.3) is 0 Å². The summed E-state index contributed by atoms with van der Waals surface area (Å²) in [5.74, 6) is -0.212.